The zero-order chi connectivity index (χ0) is 7.40. The summed E-state index contributed by atoms with van der Waals surface area (Å²) < 4.78 is 11.2. The largest absolute Gasteiger partial charge is 0.337 e. The highest BCUT2D eigenvalue weighted by atomic mass is 31.1. The minimum atomic E-state index is -2.71. The minimum absolute atomic E-state index is 1.17. The third-order valence-electron chi connectivity index (χ3n) is 0.700. The molecule has 1 aromatic heterocycles. The molecule has 0 spiro atoms. The Morgan fingerprint density at radius 1 is 1.70 bits per heavy atom. The van der Waals surface area contributed by atoms with Gasteiger partial charge < -0.3 is 4.89 Å². The lowest BCUT2D eigenvalue weighted by atomic mass is 10.9. The van der Waals surface area contributed by atoms with Gasteiger partial charge in [0, 0.05) is 11.7 Å². The topological polar surface area (TPSA) is 68.0 Å². The highest BCUT2D eigenvalue weighted by molar-refractivity contribution is 7.44. The first-order chi connectivity index (χ1) is 4.79. The van der Waals surface area contributed by atoms with E-state index in [2.05, 4.69) is 22.0 Å². The van der Waals surface area contributed by atoms with E-state index in [0.717, 1.165) is 0 Å². The highest BCUT2D eigenvalue weighted by Crippen LogP contribution is 2.07. The summed E-state index contributed by atoms with van der Waals surface area (Å²) in [5, 5.41) is 6.89. The lowest BCUT2D eigenvalue weighted by Gasteiger charge is -1.77. The molecular weight excluding hydrogens is 153 g/mol. The molecule has 0 saturated heterocycles. The van der Waals surface area contributed by atoms with Gasteiger partial charge in [-0.25, -0.2) is 0 Å². The Kier molecular flexibility index (Phi) is 2.21. The first kappa shape index (κ1) is 7.00. The van der Waals surface area contributed by atoms with Gasteiger partial charge >= 0.3 is 0 Å². The van der Waals surface area contributed by atoms with Crippen LogP contribution in [0.4, 0.5) is 0 Å². The van der Waals surface area contributed by atoms with Gasteiger partial charge in [-0.1, -0.05) is 5.21 Å². The van der Waals surface area contributed by atoms with Crippen molar-refractivity contribution in [3.63, 3.8) is 0 Å². The van der Waals surface area contributed by atoms with Crippen molar-refractivity contribution in [2.75, 3.05) is 0 Å². The maximum atomic E-state index is 10.0. The van der Waals surface area contributed by atoms with Gasteiger partial charge in [0.25, 0.3) is 8.03 Å². The number of aromatic nitrogens is 3. The van der Waals surface area contributed by atoms with Crippen molar-refractivity contribution >= 4 is 8.03 Å². The fourth-order valence-corrected chi connectivity index (χ4v) is 0.583. The minimum Gasteiger partial charge on any atom is -0.337 e. The van der Waals surface area contributed by atoms with Crippen LogP contribution in [0.25, 0.3) is 0 Å². The van der Waals surface area contributed by atoms with E-state index in [-0.39, 0.29) is 0 Å². The van der Waals surface area contributed by atoms with Gasteiger partial charge in [0.15, 0.2) is 0 Å². The van der Waals surface area contributed by atoms with Crippen molar-refractivity contribution in [1.29, 1.82) is 0 Å². The average molecular weight is 157 g/mol. The number of hydrogen-bond donors (Lipinski definition) is 1. The maximum Gasteiger partial charge on any atom is 0.261 e. The van der Waals surface area contributed by atoms with Gasteiger partial charge in [-0.3, -0.25) is 4.57 Å². The van der Waals surface area contributed by atoms with Crippen LogP contribution in [-0.4, -0.2) is 19.9 Å². The second-order valence-electron chi connectivity index (χ2n) is 1.39. The summed E-state index contributed by atoms with van der Waals surface area (Å²) in [6.45, 7) is 0. The molecule has 0 amide bonds. The Hall–Kier alpha value is -1.11. The van der Waals surface area contributed by atoms with Crippen LogP contribution in [0, 0.1) is 11.7 Å². The summed E-state index contributed by atoms with van der Waals surface area (Å²) in [6.07, 6.45) is 2.92. The first-order valence-corrected chi connectivity index (χ1v) is 3.76. The van der Waals surface area contributed by atoms with Crippen LogP contribution < -0.4 is 0 Å². The third kappa shape index (κ3) is 2.02. The molecule has 1 aromatic rings. The van der Waals surface area contributed by atoms with E-state index in [1.165, 1.54) is 17.1 Å². The molecule has 1 rings (SSSR count). The lowest BCUT2D eigenvalue weighted by molar-refractivity contribution is 0.514. The van der Waals surface area contributed by atoms with Gasteiger partial charge in [0.2, 0.25) is 0 Å². The van der Waals surface area contributed by atoms with E-state index in [1.54, 1.807) is 0 Å². The summed E-state index contributed by atoms with van der Waals surface area (Å²) in [5.74, 6) is 0. The van der Waals surface area contributed by atoms with E-state index >= 15 is 0 Å². The standard InChI is InChI=1S/C4H4N3O2P/c8-10(9)4-3-7-2-1-5-6-7/h1-2,10H,(H,8,9). The van der Waals surface area contributed by atoms with Crippen LogP contribution in [0.3, 0.4) is 0 Å². The van der Waals surface area contributed by atoms with Gasteiger partial charge in [-0.05, 0) is 0 Å². The Labute approximate surface area is 57.5 Å². The van der Waals surface area contributed by atoms with Gasteiger partial charge in [-0.15, -0.1) is 5.10 Å². The molecule has 0 aromatic carbocycles. The normalized spacial score (nSPS) is 11.7. The molecule has 0 aliphatic rings. The zero-order valence-electron chi connectivity index (χ0n) is 4.85. The zero-order valence-corrected chi connectivity index (χ0v) is 5.85. The van der Waals surface area contributed by atoms with Gasteiger partial charge in [-0.2, -0.15) is 4.68 Å². The Morgan fingerprint density at radius 3 is 3.00 bits per heavy atom. The van der Waals surface area contributed by atoms with E-state index in [4.69, 9.17) is 4.89 Å². The van der Waals surface area contributed by atoms with Crippen molar-refractivity contribution in [3.8, 4) is 11.7 Å². The van der Waals surface area contributed by atoms with Crippen molar-refractivity contribution in [1.82, 2.24) is 15.0 Å². The van der Waals surface area contributed by atoms with Crippen molar-refractivity contribution in [3.05, 3.63) is 12.4 Å². The number of nitrogens with zero attached hydrogens (tertiary/aromatic N) is 3. The van der Waals surface area contributed by atoms with Crippen LogP contribution in [0.5, 0.6) is 0 Å². The van der Waals surface area contributed by atoms with Crippen molar-refractivity contribution in [2.24, 2.45) is 0 Å². The average Bonchev–Trinajstić information content (AvgIpc) is 2.34. The Morgan fingerprint density at radius 2 is 2.50 bits per heavy atom. The number of rotatable bonds is 0. The summed E-state index contributed by atoms with van der Waals surface area (Å²) in [5.41, 5.74) is 2.06. The Balaban J connectivity index is 2.75. The molecule has 0 saturated carbocycles. The molecule has 1 atom stereocenters. The predicted molar refractivity (Wildman–Crippen MR) is 34.4 cm³/mol. The summed E-state index contributed by atoms with van der Waals surface area (Å²) >= 11 is 0. The summed E-state index contributed by atoms with van der Waals surface area (Å²) in [6, 6.07) is 2.30. The highest BCUT2D eigenvalue weighted by Gasteiger charge is 1.81. The summed E-state index contributed by atoms with van der Waals surface area (Å²) in [7, 11) is -2.71. The van der Waals surface area contributed by atoms with Crippen LogP contribution >= 0.6 is 8.03 Å². The van der Waals surface area contributed by atoms with Gasteiger partial charge in [0.1, 0.15) is 0 Å². The monoisotopic (exact) mass is 157 g/mol. The van der Waals surface area contributed by atoms with Crippen molar-refractivity contribution < 1.29 is 9.46 Å². The SMILES string of the molecule is O=[PH](O)C#Cn1ccnn1. The fourth-order valence-electron chi connectivity index (χ4n) is 0.373. The van der Waals surface area contributed by atoms with E-state index in [9.17, 15) is 4.57 Å². The second kappa shape index (κ2) is 3.16. The smallest absolute Gasteiger partial charge is 0.261 e. The molecule has 1 N–H and O–H groups in total. The van der Waals surface area contributed by atoms with Crippen LogP contribution in [-0.2, 0) is 4.57 Å². The lowest BCUT2D eigenvalue weighted by Crippen LogP contribution is -1.87. The first-order valence-electron chi connectivity index (χ1n) is 2.40. The predicted octanol–water partition coefficient (Wildman–Crippen LogP) is -0.488. The molecule has 1 heterocycles. The second-order valence-corrected chi connectivity index (χ2v) is 2.25. The molecule has 5 nitrogen and oxygen atoms in total. The maximum absolute atomic E-state index is 10.0. The molecular formula is C4H4N3O2P. The quantitative estimate of drug-likeness (QED) is 0.407. The van der Waals surface area contributed by atoms with Crippen LogP contribution in [0.2, 0.25) is 0 Å². The molecule has 0 bridgehead atoms. The molecule has 0 fully saturated rings. The molecule has 0 aliphatic carbocycles. The molecule has 10 heavy (non-hydrogen) atoms. The third-order valence-corrected chi connectivity index (χ3v) is 1.03. The molecule has 0 radical (unpaired) electrons. The number of hydrogen-bond acceptors (Lipinski definition) is 3. The van der Waals surface area contributed by atoms with Crippen LogP contribution in [0.1, 0.15) is 0 Å². The van der Waals surface area contributed by atoms with E-state index in [0.29, 0.717) is 0 Å². The Bertz CT molecular complexity index is 283. The molecule has 6 heteroatoms. The van der Waals surface area contributed by atoms with Gasteiger partial charge in [0.05, 0.1) is 12.4 Å². The molecule has 52 valence electrons. The van der Waals surface area contributed by atoms with Crippen molar-refractivity contribution in [2.45, 2.75) is 0 Å². The van der Waals surface area contributed by atoms with E-state index in [1.807, 2.05) is 0 Å². The summed E-state index contributed by atoms with van der Waals surface area (Å²) in [4.78, 5) is 8.26. The van der Waals surface area contributed by atoms with E-state index < -0.39 is 8.03 Å². The molecule has 0 aliphatic heterocycles. The molecule has 1 unspecified atom stereocenters. The van der Waals surface area contributed by atoms with Crippen LogP contribution in [0.15, 0.2) is 12.4 Å². The fraction of sp³-hybridized carbons (Fsp3) is 0.